The summed E-state index contributed by atoms with van der Waals surface area (Å²) in [5.74, 6) is 1.14. The van der Waals surface area contributed by atoms with Crippen LogP contribution in [0.25, 0.3) is 10.9 Å². The third kappa shape index (κ3) is 3.33. The molecule has 0 radical (unpaired) electrons. The van der Waals surface area contributed by atoms with E-state index >= 15 is 0 Å². The van der Waals surface area contributed by atoms with Crippen molar-refractivity contribution in [1.82, 2.24) is 15.2 Å². The van der Waals surface area contributed by atoms with Crippen LogP contribution < -0.4 is 10.1 Å². The van der Waals surface area contributed by atoms with Crippen LogP contribution in [0.4, 0.5) is 6.01 Å². The first-order valence-electron chi connectivity index (χ1n) is 7.39. The number of unbranched alkanes of at least 4 members (excludes halogenated alkanes) is 1. The van der Waals surface area contributed by atoms with Crippen molar-refractivity contribution in [1.29, 1.82) is 0 Å². The van der Waals surface area contributed by atoms with E-state index in [1.54, 1.807) is 6.20 Å². The third-order valence-corrected chi connectivity index (χ3v) is 3.22. The highest BCUT2D eigenvalue weighted by Gasteiger charge is 2.08. The number of anilines is 1. The Labute approximate surface area is 128 Å². The zero-order valence-corrected chi connectivity index (χ0v) is 12.5. The molecule has 0 fully saturated rings. The van der Waals surface area contributed by atoms with E-state index in [0.29, 0.717) is 17.7 Å². The van der Waals surface area contributed by atoms with Gasteiger partial charge in [0.1, 0.15) is 11.3 Å². The number of hydrogen-bond donors (Lipinski definition) is 1. The highest BCUT2D eigenvalue weighted by atomic mass is 16.5. The molecule has 114 valence electrons. The van der Waals surface area contributed by atoms with Crippen LogP contribution in [0.15, 0.2) is 40.9 Å². The molecule has 0 saturated carbocycles. The smallest absolute Gasteiger partial charge is 0.315 e. The highest BCUT2D eigenvalue weighted by molar-refractivity contribution is 5.84. The second-order valence-electron chi connectivity index (χ2n) is 4.90. The molecular weight excluding hydrogens is 280 g/mol. The average molecular weight is 298 g/mol. The SMILES string of the molecule is CCCCNc1nnc(COc2cccc3cccnc23)o1. The Morgan fingerprint density at radius 1 is 1.18 bits per heavy atom. The third-order valence-electron chi connectivity index (χ3n) is 3.22. The van der Waals surface area contributed by atoms with Gasteiger partial charge in [0, 0.05) is 18.1 Å². The van der Waals surface area contributed by atoms with Crippen LogP contribution in [0.5, 0.6) is 5.75 Å². The number of pyridine rings is 1. The number of nitrogens with one attached hydrogen (secondary N) is 1. The van der Waals surface area contributed by atoms with Crippen molar-refractivity contribution in [2.24, 2.45) is 0 Å². The normalized spacial score (nSPS) is 10.8. The minimum absolute atomic E-state index is 0.220. The molecule has 0 atom stereocenters. The topological polar surface area (TPSA) is 73.1 Å². The molecule has 1 aromatic carbocycles. The molecular formula is C16H18N4O2. The van der Waals surface area contributed by atoms with Crippen molar-refractivity contribution in [3.8, 4) is 5.75 Å². The van der Waals surface area contributed by atoms with Gasteiger partial charge in [-0.05, 0) is 18.6 Å². The van der Waals surface area contributed by atoms with Gasteiger partial charge in [0.05, 0.1) is 0 Å². The van der Waals surface area contributed by atoms with Gasteiger partial charge in [0.2, 0.25) is 0 Å². The number of nitrogens with zero attached hydrogens (tertiary/aromatic N) is 3. The van der Waals surface area contributed by atoms with Crippen LogP contribution in [0.3, 0.4) is 0 Å². The first-order valence-corrected chi connectivity index (χ1v) is 7.39. The second kappa shape index (κ2) is 6.89. The first-order chi connectivity index (χ1) is 10.9. The van der Waals surface area contributed by atoms with Gasteiger partial charge < -0.3 is 14.5 Å². The Morgan fingerprint density at radius 3 is 3.00 bits per heavy atom. The molecule has 2 heterocycles. The number of benzene rings is 1. The zero-order chi connectivity index (χ0) is 15.2. The Balaban J connectivity index is 1.64. The van der Waals surface area contributed by atoms with E-state index in [1.807, 2.05) is 30.3 Å². The summed E-state index contributed by atoms with van der Waals surface area (Å²) >= 11 is 0. The summed E-state index contributed by atoms with van der Waals surface area (Å²) in [6.07, 6.45) is 3.93. The molecule has 0 saturated heterocycles. The molecule has 1 N–H and O–H groups in total. The molecule has 2 aromatic heterocycles. The Kier molecular flexibility index (Phi) is 4.48. The number of ether oxygens (including phenoxy) is 1. The summed E-state index contributed by atoms with van der Waals surface area (Å²) in [4.78, 5) is 4.34. The molecule has 3 aromatic rings. The van der Waals surface area contributed by atoms with Crippen LogP contribution in [0.2, 0.25) is 0 Å². The van der Waals surface area contributed by atoms with Crippen molar-refractivity contribution in [3.63, 3.8) is 0 Å². The predicted molar refractivity (Wildman–Crippen MR) is 83.8 cm³/mol. The second-order valence-corrected chi connectivity index (χ2v) is 4.90. The molecule has 3 rings (SSSR count). The molecule has 6 heteroatoms. The van der Waals surface area contributed by atoms with Crippen molar-refractivity contribution >= 4 is 16.9 Å². The van der Waals surface area contributed by atoms with Gasteiger partial charge in [-0.15, -0.1) is 5.10 Å². The summed E-state index contributed by atoms with van der Waals surface area (Å²) < 4.78 is 11.2. The molecule has 0 bridgehead atoms. The van der Waals surface area contributed by atoms with E-state index in [-0.39, 0.29) is 6.61 Å². The van der Waals surface area contributed by atoms with Crippen molar-refractivity contribution in [2.45, 2.75) is 26.4 Å². The van der Waals surface area contributed by atoms with Gasteiger partial charge in [-0.25, -0.2) is 0 Å². The average Bonchev–Trinajstić information content (AvgIpc) is 3.01. The first kappa shape index (κ1) is 14.3. The van der Waals surface area contributed by atoms with E-state index in [9.17, 15) is 0 Å². The lowest BCUT2D eigenvalue weighted by atomic mass is 10.2. The zero-order valence-electron chi connectivity index (χ0n) is 12.5. The lowest BCUT2D eigenvalue weighted by Crippen LogP contribution is -2.00. The number of para-hydroxylation sites is 1. The molecule has 0 aliphatic carbocycles. The van der Waals surface area contributed by atoms with Gasteiger partial charge >= 0.3 is 6.01 Å². The minimum atomic E-state index is 0.220. The van der Waals surface area contributed by atoms with Crippen LogP contribution in [0, 0.1) is 0 Å². The Morgan fingerprint density at radius 2 is 2.09 bits per heavy atom. The summed E-state index contributed by atoms with van der Waals surface area (Å²) in [6, 6.07) is 10.1. The fourth-order valence-corrected chi connectivity index (χ4v) is 2.09. The molecule has 22 heavy (non-hydrogen) atoms. The van der Waals surface area contributed by atoms with Gasteiger partial charge in [-0.1, -0.05) is 36.6 Å². The Hall–Kier alpha value is -2.63. The summed E-state index contributed by atoms with van der Waals surface area (Å²) in [6.45, 7) is 3.18. The Bertz CT molecular complexity index is 736. The molecule has 0 amide bonds. The van der Waals surface area contributed by atoms with Gasteiger partial charge in [0.15, 0.2) is 6.61 Å². The van der Waals surface area contributed by atoms with Crippen molar-refractivity contribution in [3.05, 3.63) is 42.4 Å². The van der Waals surface area contributed by atoms with Crippen LogP contribution >= 0.6 is 0 Å². The number of hydrogen-bond acceptors (Lipinski definition) is 6. The monoisotopic (exact) mass is 298 g/mol. The summed E-state index contributed by atoms with van der Waals surface area (Å²) in [5, 5.41) is 12.0. The summed E-state index contributed by atoms with van der Waals surface area (Å²) in [5.41, 5.74) is 0.825. The molecule has 0 spiro atoms. The van der Waals surface area contributed by atoms with Crippen molar-refractivity contribution in [2.75, 3.05) is 11.9 Å². The maximum Gasteiger partial charge on any atom is 0.315 e. The van der Waals surface area contributed by atoms with E-state index in [0.717, 1.165) is 30.3 Å². The highest BCUT2D eigenvalue weighted by Crippen LogP contribution is 2.23. The van der Waals surface area contributed by atoms with Crippen LogP contribution in [0.1, 0.15) is 25.7 Å². The maximum absolute atomic E-state index is 5.76. The lowest BCUT2D eigenvalue weighted by molar-refractivity contribution is 0.267. The minimum Gasteiger partial charge on any atom is -0.482 e. The standard InChI is InChI=1S/C16H18N4O2/c1-2-3-9-18-16-20-19-14(22-16)11-21-13-8-4-6-12-7-5-10-17-15(12)13/h4-8,10H,2-3,9,11H2,1H3,(H,18,20). The quantitative estimate of drug-likeness (QED) is 0.674. The number of aromatic nitrogens is 3. The largest absolute Gasteiger partial charge is 0.482 e. The van der Waals surface area contributed by atoms with Crippen LogP contribution in [-0.2, 0) is 6.61 Å². The van der Waals surface area contributed by atoms with Gasteiger partial charge in [-0.3, -0.25) is 4.98 Å². The van der Waals surface area contributed by atoms with E-state index in [1.165, 1.54) is 0 Å². The number of fused-ring (bicyclic) bond motifs is 1. The molecule has 0 unspecified atom stereocenters. The maximum atomic E-state index is 5.76. The molecule has 0 aliphatic rings. The fourth-order valence-electron chi connectivity index (χ4n) is 2.09. The predicted octanol–water partition coefficient (Wildman–Crippen LogP) is 3.41. The lowest BCUT2D eigenvalue weighted by Gasteiger charge is -2.06. The molecule has 0 aliphatic heterocycles. The summed E-state index contributed by atoms with van der Waals surface area (Å²) in [7, 11) is 0. The fraction of sp³-hybridized carbons (Fsp3) is 0.312. The van der Waals surface area contributed by atoms with E-state index in [2.05, 4.69) is 27.4 Å². The van der Waals surface area contributed by atoms with Gasteiger partial charge in [0.25, 0.3) is 5.89 Å². The van der Waals surface area contributed by atoms with E-state index in [4.69, 9.17) is 9.15 Å². The molecule has 6 nitrogen and oxygen atoms in total. The number of rotatable bonds is 7. The van der Waals surface area contributed by atoms with Crippen LogP contribution in [-0.4, -0.2) is 21.7 Å². The van der Waals surface area contributed by atoms with Crippen molar-refractivity contribution < 1.29 is 9.15 Å². The van der Waals surface area contributed by atoms with E-state index < -0.39 is 0 Å². The van der Waals surface area contributed by atoms with Gasteiger partial charge in [-0.2, -0.15) is 0 Å².